The summed E-state index contributed by atoms with van der Waals surface area (Å²) in [5, 5.41) is 8.15. The Bertz CT molecular complexity index is 577. The summed E-state index contributed by atoms with van der Waals surface area (Å²) in [5.74, 6) is 0. The molecule has 106 valence electrons. The Morgan fingerprint density at radius 1 is 1.35 bits per heavy atom. The molecular weight excluding hydrogens is 266 g/mol. The van der Waals surface area contributed by atoms with E-state index >= 15 is 0 Å². The second kappa shape index (κ2) is 6.48. The van der Waals surface area contributed by atoms with Crippen LogP contribution in [0.1, 0.15) is 33.5 Å². The number of hydrogen-bond acceptors (Lipinski definition) is 4. The molecule has 3 rings (SSSR count). The van der Waals surface area contributed by atoms with Crippen LogP contribution in [-0.4, -0.2) is 11.5 Å². The molecule has 1 aliphatic rings. The van der Waals surface area contributed by atoms with Crippen LogP contribution >= 0.6 is 11.3 Å². The zero-order valence-corrected chi connectivity index (χ0v) is 12.7. The van der Waals surface area contributed by atoms with E-state index in [9.17, 15) is 0 Å². The number of nitrogens with zero attached hydrogens (tertiary/aromatic N) is 1. The van der Waals surface area contributed by atoms with Gasteiger partial charge in [0.1, 0.15) is 5.01 Å². The summed E-state index contributed by atoms with van der Waals surface area (Å²) >= 11 is 1.81. The maximum atomic E-state index is 4.45. The van der Waals surface area contributed by atoms with E-state index in [4.69, 9.17) is 0 Å². The fraction of sp³-hybridized carbons (Fsp3) is 0.438. The Hall–Kier alpha value is -1.23. The van der Waals surface area contributed by atoms with E-state index in [2.05, 4.69) is 40.7 Å². The van der Waals surface area contributed by atoms with Crippen LogP contribution in [0.3, 0.4) is 0 Å². The second-order valence-corrected chi connectivity index (χ2v) is 6.36. The van der Waals surface area contributed by atoms with Gasteiger partial charge < -0.3 is 10.6 Å². The molecule has 0 unspecified atom stereocenters. The number of fused-ring (bicyclic) bond motifs is 1. The molecule has 3 nitrogen and oxygen atoms in total. The normalized spacial score (nSPS) is 14.2. The van der Waals surface area contributed by atoms with E-state index in [1.807, 2.05) is 17.5 Å². The maximum absolute atomic E-state index is 4.45. The highest BCUT2D eigenvalue weighted by Gasteiger charge is 2.11. The van der Waals surface area contributed by atoms with Crippen LogP contribution < -0.4 is 10.6 Å². The zero-order chi connectivity index (χ0) is 13.8. The van der Waals surface area contributed by atoms with E-state index in [0.717, 1.165) is 39.0 Å². The highest BCUT2D eigenvalue weighted by atomic mass is 32.1. The highest BCUT2D eigenvalue weighted by molar-refractivity contribution is 7.11. The Labute approximate surface area is 124 Å². The molecule has 0 radical (unpaired) electrons. The van der Waals surface area contributed by atoms with Gasteiger partial charge in [-0.05, 0) is 36.1 Å². The largest absolute Gasteiger partial charge is 0.312 e. The third-order valence-corrected chi connectivity index (χ3v) is 4.92. The molecule has 0 bridgehead atoms. The third-order valence-electron chi connectivity index (χ3n) is 3.78. The summed E-state index contributed by atoms with van der Waals surface area (Å²) in [6.07, 6.45) is 4.22. The molecule has 1 aliphatic heterocycles. The summed E-state index contributed by atoms with van der Waals surface area (Å²) in [6, 6.07) is 6.65. The van der Waals surface area contributed by atoms with Gasteiger partial charge in [0.25, 0.3) is 0 Å². The fourth-order valence-corrected chi connectivity index (χ4v) is 3.51. The molecule has 2 heterocycles. The molecule has 0 fully saturated rings. The first-order valence-corrected chi connectivity index (χ1v) is 8.13. The number of hydrogen-bond donors (Lipinski definition) is 2. The standard InChI is InChI=1S/C16H21N3S/c1-2-14-10-19-16(20-14)11-18-9-13-5-3-4-12-8-17-7-6-15(12)13/h3-5,10,17-18H,2,6-9,11H2,1H3. The monoisotopic (exact) mass is 287 g/mol. The summed E-state index contributed by atoms with van der Waals surface area (Å²) in [5.41, 5.74) is 4.43. The average Bonchev–Trinajstić information content (AvgIpc) is 2.95. The average molecular weight is 287 g/mol. The van der Waals surface area contributed by atoms with E-state index in [0.29, 0.717) is 0 Å². The molecule has 2 aromatic rings. The molecule has 0 saturated carbocycles. The molecular formula is C16H21N3S. The molecule has 0 aliphatic carbocycles. The van der Waals surface area contributed by atoms with E-state index < -0.39 is 0 Å². The number of aryl methyl sites for hydroxylation is 1. The van der Waals surface area contributed by atoms with Gasteiger partial charge in [-0.1, -0.05) is 25.1 Å². The molecule has 0 amide bonds. The Kier molecular flexibility index (Phi) is 4.45. The number of rotatable bonds is 5. The van der Waals surface area contributed by atoms with Crippen molar-refractivity contribution in [2.45, 2.75) is 39.4 Å². The number of nitrogens with one attached hydrogen (secondary N) is 2. The van der Waals surface area contributed by atoms with Crippen molar-refractivity contribution in [1.82, 2.24) is 15.6 Å². The van der Waals surface area contributed by atoms with Crippen molar-refractivity contribution >= 4 is 11.3 Å². The highest BCUT2D eigenvalue weighted by Crippen LogP contribution is 2.19. The molecule has 1 aromatic carbocycles. The molecule has 0 spiro atoms. The van der Waals surface area contributed by atoms with Crippen LogP contribution in [0.2, 0.25) is 0 Å². The molecule has 1 aromatic heterocycles. The first kappa shape index (κ1) is 13.7. The first-order valence-electron chi connectivity index (χ1n) is 7.31. The van der Waals surface area contributed by atoms with Crippen molar-refractivity contribution in [2.75, 3.05) is 6.54 Å². The predicted molar refractivity (Wildman–Crippen MR) is 83.9 cm³/mol. The summed E-state index contributed by atoms with van der Waals surface area (Å²) < 4.78 is 0. The van der Waals surface area contributed by atoms with Crippen LogP contribution in [0, 0.1) is 0 Å². The minimum atomic E-state index is 0.868. The number of thiazole rings is 1. The van der Waals surface area contributed by atoms with Crippen LogP contribution in [0.15, 0.2) is 24.4 Å². The van der Waals surface area contributed by atoms with Crippen LogP contribution in [0.25, 0.3) is 0 Å². The van der Waals surface area contributed by atoms with Gasteiger partial charge in [-0.3, -0.25) is 0 Å². The Morgan fingerprint density at radius 3 is 3.15 bits per heavy atom. The predicted octanol–water partition coefficient (Wildman–Crippen LogP) is 2.64. The van der Waals surface area contributed by atoms with Crippen LogP contribution in [-0.2, 0) is 32.5 Å². The Morgan fingerprint density at radius 2 is 2.30 bits per heavy atom. The smallest absolute Gasteiger partial charge is 0.107 e. The van der Waals surface area contributed by atoms with Crippen LogP contribution in [0.4, 0.5) is 0 Å². The van der Waals surface area contributed by atoms with Gasteiger partial charge in [-0.25, -0.2) is 4.98 Å². The summed E-state index contributed by atoms with van der Waals surface area (Å²) in [7, 11) is 0. The van der Waals surface area contributed by atoms with Crippen molar-refractivity contribution in [3.63, 3.8) is 0 Å². The van der Waals surface area contributed by atoms with Crippen molar-refractivity contribution in [1.29, 1.82) is 0 Å². The van der Waals surface area contributed by atoms with Crippen LogP contribution in [0.5, 0.6) is 0 Å². The molecule has 2 N–H and O–H groups in total. The lowest BCUT2D eigenvalue weighted by Crippen LogP contribution is -2.25. The van der Waals surface area contributed by atoms with Crippen molar-refractivity contribution < 1.29 is 0 Å². The second-order valence-electron chi connectivity index (χ2n) is 5.16. The SMILES string of the molecule is CCc1cnc(CNCc2cccc3c2CCNC3)s1. The number of aromatic nitrogens is 1. The summed E-state index contributed by atoms with van der Waals surface area (Å²) in [6.45, 7) is 6.08. The van der Waals surface area contributed by atoms with Gasteiger partial charge in [0, 0.05) is 30.7 Å². The van der Waals surface area contributed by atoms with Gasteiger partial charge >= 0.3 is 0 Å². The number of benzene rings is 1. The first-order chi connectivity index (χ1) is 9.86. The van der Waals surface area contributed by atoms with Gasteiger partial charge in [0.2, 0.25) is 0 Å². The van der Waals surface area contributed by atoms with Gasteiger partial charge in [0.05, 0.1) is 0 Å². The minimum Gasteiger partial charge on any atom is -0.312 e. The summed E-state index contributed by atoms with van der Waals surface area (Å²) in [4.78, 5) is 5.82. The van der Waals surface area contributed by atoms with E-state index in [-0.39, 0.29) is 0 Å². The third kappa shape index (κ3) is 3.08. The minimum absolute atomic E-state index is 0.868. The van der Waals surface area contributed by atoms with E-state index in [1.54, 1.807) is 0 Å². The van der Waals surface area contributed by atoms with Crippen molar-refractivity contribution in [2.24, 2.45) is 0 Å². The Balaban J connectivity index is 1.61. The lowest BCUT2D eigenvalue weighted by molar-refractivity contribution is 0.625. The molecule has 20 heavy (non-hydrogen) atoms. The van der Waals surface area contributed by atoms with Gasteiger partial charge in [-0.2, -0.15) is 0 Å². The molecule has 0 atom stereocenters. The fourth-order valence-electron chi connectivity index (χ4n) is 2.67. The lowest BCUT2D eigenvalue weighted by atomic mass is 9.95. The van der Waals surface area contributed by atoms with Gasteiger partial charge in [0.15, 0.2) is 0 Å². The maximum Gasteiger partial charge on any atom is 0.107 e. The zero-order valence-electron chi connectivity index (χ0n) is 11.9. The lowest BCUT2D eigenvalue weighted by Gasteiger charge is -2.20. The quantitative estimate of drug-likeness (QED) is 0.887. The van der Waals surface area contributed by atoms with Crippen molar-refractivity contribution in [3.05, 3.63) is 51.0 Å². The topological polar surface area (TPSA) is 37.0 Å². The van der Waals surface area contributed by atoms with E-state index in [1.165, 1.54) is 26.6 Å². The molecule has 4 heteroatoms. The van der Waals surface area contributed by atoms with Crippen molar-refractivity contribution in [3.8, 4) is 0 Å². The molecule has 0 saturated heterocycles. The van der Waals surface area contributed by atoms with Gasteiger partial charge in [-0.15, -0.1) is 11.3 Å².